The SMILES string of the molecule is CCCCCCCCCCCCCCCCCCOC[C@H](COP(=O)(O)OC[C@H]1O[C@@](C)(c2ccc3c(N)ncnn23)[C@H](O)[C@@H]1O)OCc1ccc(F)c(Cl)c1F. The van der Waals surface area contributed by atoms with Crippen LogP contribution in [0.25, 0.3) is 5.52 Å². The molecule has 1 aliphatic heterocycles. The fraction of sp³-hybridized carbons (Fsp3) is 0.700. The van der Waals surface area contributed by atoms with Crippen molar-refractivity contribution in [2.75, 3.05) is 32.2 Å². The predicted molar refractivity (Wildman–Crippen MR) is 214 cm³/mol. The third kappa shape index (κ3) is 14.4. The van der Waals surface area contributed by atoms with Gasteiger partial charge in [0.1, 0.15) is 58.5 Å². The van der Waals surface area contributed by atoms with E-state index in [9.17, 15) is 28.5 Å². The van der Waals surface area contributed by atoms with Crippen molar-refractivity contribution in [2.45, 2.75) is 153 Å². The molecule has 3 heterocycles. The van der Waals surface area contributed by atoms with E-state index in [-0.39, 0.29) is 24.6 Å². The van der Waals surface area contributed by atoms with Gasteiger partial charge in [-0.25, -0.2) is 22.8 Å². The number of unbranched alkanes of at least 4 members (excludes halogenated alkanes) is 15. The van der Waals surface area contributed by atoms with Crippen LogP contribution in [0.4, 0.5) is 14.6 Å². The largest absolute Gasteiger partial charge is 0.472 e. The first-order valence-corrected chi connectivity index (χ1v) is 22.3. The van der Waals surface area contributed by atoms with E-state index < -0.39 is 67.7 Å². The Morgan fingerprint density at radius 2 is 1.54 bits per heavy atom. The van der Waals surface area contributed by atoms with Crippen LogP contribution in [-0.4, -0.2) is 80.5 Å². The van der Waals surface area contributed by atoms with Crippen molar-refractivity contribution in [3.05, 3.63) is 58.5 Å². The first-order valence-electron chi connectivity index (χ1n) is 20.4. The number of aromatic nitrogens is 3. The summed E-state index contributed by atoms with van der Waals surface area (Å²) in [6, 6.07) is 5.47. The van der Waals surface area contributed by atoms with Crippen molar-refractivity contribution < 1.29 is 51.7 Å². The molecule has 57 heavy (non-hydrogen) atoms. The van der Waals surface area contributed by atoms with Gasteiger partial charge in [0, 0.05) is 12.2 Å². The van der Waals surface area contributed by atoms with Gasteiger partial charge >= 0.3 is 7.82 Å². The molecule has 1 aromatic carbocycles. The second-order valence-corrected chi connectivity index (χ2v) is 16.9. The Morgan fingerprint density at radius 3 is 2.18 bits per heavy atom. The second kappa shape index (κ2) is 24.1. The number of halogens is 3. The lowest BCUT2D eigenvalue weighted by molar-refractivity contribution is -0.0901. The van der Waals surface area contributed by atoms with Crippen LogP contribution < -0.4 is 5.73 Å². The molecule has 0 spiro atoms. The zero-order valence-corrected chi connectivity index (χ0v) is 35.0. The number of aliphatic hydroxyl groups is 2. The third-order valence-corrected chi connectivity index (χ3v) is 11.8. The number of nitrogens with two attached hydrogens (primary N) is 1. The Bertz CT molecular complexity index is 1690. The van der Waals surface area contributed by atoms with Gasteiger partial charge in [0.2, 0.25) is 0 Å². The van der Waals surface area contributed by atoms with Gasteiger partial charge in [-0.1, -0.05) is 121 Å². The molecule has 13 nitrogen and oxygen atoms in total. The molecule has 2 aromatic heterocycles. The summed E-state index contributed by atoms with van der Waals surface area (Å²) < 4.78 is 70.7. The summed E-state index contributed by atoms with van der Waals surface area (Å²) in [7, 11) is -4.79. The smallest absolute Gasteiger partial charge is 0.387 e. The van der Waals surface area contributed by atoms with Crippen molar-refractivity contribution in [2.24, 2.45) is 0 Å². The Kier molecular flexibility index (Phi) is 20.0. The summed E-state index contributed by atoms with van der Waals surface area (Å²) >= 11 is 5.73. The molecule has 1 unspecified atom stereocenters. The van der Waals surface area contributed by atoms with E-state index >= 15 is 0 Å². The summed E-state index contributed by atoms with van der Waals surface area (Å²) in [6.45, 7) is 2.69. The molecule has 0 amide bonds. The highest BCUT2D eigenvalue weighted by Gasteiger charge is 2.54. The summed E-state index contributed by atoms with van der Waals surface area (Å²) in [5.74, 6) is -1.69. The second-order valence-electron chi connectivity index (χ2n) is 15.1. The molecule has 0 radical (unpaired) electrons. The molecule has 6 atom stereocenters. The van der Waals surface area contributed by atoms with Gasteiger partial charge in [-0.15, -0.1) is 0 Å². The highest BCUT2D eigenvalue weighted by atomic mass is 35.5. The molecule has 0 saturated carbocycles. The fourth-order valence-corrected chi connectivity index (χ4v) is 7.98. The van der Waals surface area contributed by atoms with Crippen LogP contribution >= 0.6 is 19.4 Å². The first kappa shape index (κ1) is 47.4. The van der Waals surface area contributed by atoms with Crippen LogP contribution in [0.5, 0.6) is 0 Å². The van der Waals surface area contributed by atoms with Crippen molar-refractivity contribution in [1.82, 2.24) is 14.6 Å². The number of aliphatic hydroxyl groups excluding tert-OH is 2. The van der Waals surface area contributed by atoms with Crippen LogP contribution in [0.15, 0.2) is 30.6 Å². The number of nitrogen functional groups attached to an aromatic ring is 1. The minimum absolute atomic E-state index is 0.0217. The van der Waals surface area contributed by atoms with Crippen LogP contribution in [0.2, 0.25) is 5.02 Å². The van der Waals surface area contributed by atoms with Gasteiger partial charge in [-0.05, 0) is 31.5 Å². The topological polar surface area (TPSA) is 180 Å². The van der Waals surface area contributed by atoms with E-state index in [1.807, 2.05) is 0 Å². The van der Waals surface area contributed by atoms with Crippen LogP contribution in [-0.2, 0) is 40.0 Å². The molecule has 322 valence electrons. The average Bonchev–Trinajstić information content (AvgIpc) is 3.73. The van der Waals surface area contributed by atoms with Gasteiger partial charge in [0.25, 0.3) is 0 Å². The molecule has 4 rings (SSSR count). The maximum atomic E-state index is 14.6. The number of hydrogen-bond donors (Lipinski definition) is 4. The Morgan fingerprint density at radius 1 is 0.930 bits per heavy atom. The van der Waals surface area contributed by atoms with Crippen LogP contribution in [0.3, 0.4) is 0 Å². The van der Waals surface area contributed by atoms with Crippen LogP contribution in [0, 0.1) is 11.6 Å². The molecule has 1 saturated heterocycles. The summed E-state index contributed by atoms with van der Waals surface area (Å²) in [5.41, 5.74) is 5.24. The number of rotatable bonds is 29. The summed E-state index contributed by atoms with van der Waals surface area (Å²) in [4.78, 5) is 14.5. The Labute approximate surface area is 340 Å². The highest BCUT2D eigenvalue weighted by Crippen LogP contribution is 2.46. The van der Waals surface area contributed by atoms with E-state index in [2.05, 4.69) is 17.0 Å². The molecule has 1 aliphatic rings. The molecule has 17 heteroatoms. The molecular weight excluding hydrogens is 785 g/mol. The van der Waals surface area contributed by atoms with Crippen molar-refractivity contribution >= 4 is 30.8 Å². The quantitative estimate of drug-likeness (QED) is 0.0298. The number of anilines is 1. The maximum absolute atomic E-state index is 14.6. The van der Waals surface area contributed by atoms with Gasteiger partial charge in [-0.3, -0.25) is 9.05 Å². The van der Waals surface area contributed by atoms with E-state index in [4.69, 9.17) is 40.6 Å². The zero-order chi connectivity index (χ0) is 41.3. The first-order chi connectivity index (χ1) is 27.4. The van der Waals surface area contributed by atoms with E-state index in [1.165, 1.54) is 107 Å². The highest BCUT2D eigenvalue weighted by molar-refractivity contribution is 7.47. The molecule has 1 fully saturated rings. The number of phosphoric acid groups is 1. The minimum Gasteiger partial charge on any atom is -0.387 e. The van der Waals surface area contributed by atoms with Crippen molar-refractivity contribution in [3.63, 3.8) is 0 Å². The lowest BCUT2D eigenvalue weighted by Crippen LogP contribution is -2.39. The third-order valence-electron chi connectivity index (χ3n) is 10.5. The van der Waals surface area contributed by atoms with E-state index in [1.54, 1.807) is 12.1 Å². The summed E-state index contributed by atoms with van der Waals surface area (Å²) in [6.07, 6.45) is 16.0. The predicted octanol–water partition coefficient (Wildman–Crippen LogP) is 8.58. The number of nitrogens with zero attached hydrogens (tertiary/aromatic N) is 3. The monoisotopic (exact) mass is 846 g/mol. The van der Waals surface area contributed by atoms with Crippen molar-refractivity contribution in [3.8, 4) is 0 Å². The zero-order valence-electron chi connectivity index (χ0n) is 33.3. The normalized spacial score (nSPS) is 21.4. The number of benzene rings is 1. The standard InChI is InChI=1S/C40H62ClF2N4O9P/c1-3-4-5-6-7-8-9-10-11-12-13-14-15-16-17-18-23-52-25-30(53-24-29-19-20-31(42)35(41)36(29)43)26-54-57(50,51)55-27-33-37(48)38(49)40(2,56-33)34-22-21-32-39(44)45-28-46-47(32)34/h19-22,28,30,33,37-38,48-49H,3-18,23-27H2,1-2H3,(H,50,51)(H2,44,45,46)/t30-,33-,37-,38-,40+/m1/s1. The maximum Gasteiger partial charge on any atom is 0.472 e. The van der Waals surface area contributed by atoms with Crippen LogP contribution in [0.1, 0.15) is 128 Å². The lowest BCUT2D eigenvalue weighted by Gasteiger charge is -2.27. The summed E-state index contributed by atoms with van der Waals surface area (Å²) in [5, 5.41) is 25.3. The van der Waals surface area contributed by atoms with Crippen molar-refractivity contribution in [1.29, 1.82) is 0 Å². The van der Waals surface area contributed by atoms with Gasteiger partial charge in [0.05, 0.1) is 32.1 Å². The number of fused-ring (bicyclic) bond motifs is 1. The van der Waals surface area contributed by atoms with Gasteiger partial charge in [-0.2, -0.15) is 5.10 Å². The molecule has 0 aliphatic carbocycles. The van der Waals surface area contributed by atoms with Gasteiger partial charge in [0.15, 0.2) is 5.82 Å². The minimum atomic E-state index is -4.79. The lowest BCUT2D eigenvalue weighted by atomic mass is 9.93. The fourth-order valence-electron chi connectivity index (χ4n) is 7.03. The Hall–Kier alpha value is -2.30. The Balaban J connectivity index is 1.18. The van der Waals surface area contributed by atoms with Gasteiger partial charge < -0.3 is 35.1 Å². The molecular formula is C40H62ClF2N4O9P. The molecule has 3 aromatic rings. The number of ether oxygens (including phenoxy) is 3. The number of hydrogen-bond acceptors (Lipinski definition) is 11. The molecule has 5 N–H and O–H groups in total. The number of phosphoric ester groups is 1. The van der Waals surface area contributed by atoms with E-state index in [0.717, 1.165) is 25.3 Å². The molecule has 0 bridgehead atoms. The van der Waals surface area contributed by atoms with E-state index in [0.29, 0.717) is 17.8 Å². The average molecular weight is 847 g/mol.